The number of ether oxygens (including phenoxy) is 2. The highest BCUT2D eigenvalue weighted by Gasteiger charge is 2.22. The number of nitrogens with zero attached hydrogens (tertiary/aromatic N) is 2. The van der Waals surface area contributed by atoms with Crippen molar-refractivity contribution >= 4 is 17.3 Å². The SMILES string of the molecule is CCOC(=O)c1cc([N+](=O)[O-])ccc1N1CCOCC1. The Labute approximate surface area is 116 Å². The largest absolute Gasteiger partial charge is 0.462 e. The Bertz CT molecular complexity index is 511. The number of rotatable bonds is 4. The van der Waals surface area contributed by atoms with E-state index in [4.69, 9.17) is 9.47 Å². The number of hydrogen-bond acceptors (Lipinski definition) is 6. The van der Waals surface area contributed by atoms with Crippen LogP contribution < -0.4 is 4.90 Å². The Morgan fingerprint density at radius 1 is 1.45 bits per heavy atom. The first-order valence-electron chi connectivity index (χ1n) is 6.41. The highest BCUT2D eigenvalue weighted by Crippen LogP contribution is 2.27. The van der Waals surface area contributed by atoms with Gasteiger partial charge in [-0.15, -0.1) is 0 Å². The first-order chi connectivity index (χ1) is 9.63. The third-order valence-electron chi connectivity index (χ3n) is 3.04. The normalized spacial score (nSPS) is 14.9. The van der Waals surface area contributed by atoms with Gasteiger partial charge in [-0.2, -0.15) is 0 Å². The first-order valence-corrected chi connectivity index (χ1v) is 6.41. The molecule has 0 bridgehead atoms. The van der Waals surface area contributed by atoms with Gasteiger partial charge < -0.3 is 14.4 Å². The zero-order valence-corrected chi connectivity index (χ0v) is 11.2. The van der Waals surface area contributed by atoms with Crippen molar-refractivity contribution in [1.29, 1.82) is 0 Å². The molecule has 108 valence electrons. The van der Waals surface area contributed by atoms with Crippen LogP contribution >= 0.6 is 0 Å². The number of non-ortho nitro benzene ring substituents is 1. The molecule has 1 aliphatic rings. The second kappa shape index (κ2) is 6.33. The molecule has 1 aliphatic heterocycles. The molecule has 0 saturated carbocycles. The molecule has 0 atom stereocenters. The van der Waals surface area contributed by atoms with E-state index in [1.165, 1.54) is 12.1 Å². The predicted octanol–water partition coefficient (Wildman–Crippen LogP) is 1.61. The van der Waals surface area contributed by atoms with Crippen molar-refractivity contribution in [2.24, 2.45) is 0 Å². The first kappa shape index (κ1) is 14.3. The molecule has 1 fully saturated rings. The summed E-state index contributed by atoms with van der Waals surface area (Å²) in [5, 5.41) is 10.8. The minimum atomic E-state index is -0.544. The molecule has 0 N–H and O–H groups in total. The summed E-state index contributed by atoms with van der Waals surface area (Å²) in [4.78, 5) is 24.3. The number of hydrogen-bond donors (Lipinski definition) is 0. The van der Waals surface area contributed by atoms with E-state index in [1.807, 2.05) is 4.90 Å². The average Bonchev–Trinajstić information content (AvgIpc) is 2.47. The van der Waals surface area contributed by atoms with Gasteiger partial charge in [0, 0.05) is 25.2 Å². The van der Waals surface area contributed by atoms with E-state index in [9.17, 15) is 14.9 Å². The van der Waals surface area contributed by atoms with Crippen LogP contribution in [-0.4, -0.2) is 43.8 Å². The number of benzene rings is 1. The summed E-state index contributed by atoms with van der Waals surface area (Å²) in [7, 11) is 0. The maximum Gasteiger partial charge on any atom is 0.340 e. The number of nitro benzene ring substituents is 1. The zero-order valence-electron chi connectivity index (χ0n) is 11.2. The van der Waals surface area contributed by atoms with E-state index in [0.29, 0.717) is 32.0 Å². The Balaban J connectivity index is 2.38. The van der Waals surface area contributed by atoms with Crippen molar-refractivity contribution in [3.05, 3.63) is 33.9 Å². The van der Waals surface area contributed by atoms with Gasteiger partial charge in [0.15, 0.2) is 0 Å². The highest BCUT2D eigenvalue weighted by molar-refractivity contribution is 5.96. The molecule has 20 heavy (non-hydrogen) atoms. The Morgan fingerprint density at radius 2 is 2.15 bits per heavy atom. The van der Waals surface area contributed by atoms with Crippen molar-refractivity contribution in [3.8, 4) is 0 Å². The van der Waals surface area contributed by atoms with Crippen molar-refractivity contribution < 1.29 is 19.2 Å². The number of carbonyl (C=O) groups excluding carboxylic acids is 1. The smallest absolute Gasteiger partial charge is 0.340 e. The standard InChI is InChI=1S/C13H16N2O5/c1-2-20-13(16)11-9-10(15(17)18)3-4-12(11)14-5-7-19-8-6-14/h3-4,9H,2,5-8H2,1H3. The van der Waals surface area contributed by atoms with E-state index in [0.717, 1.165) is 0 Å². The summed E-state index contributed by atoms with van der Waals surface area (Å²) in [5.41, 5.74) is 0.755. The zero-order chi connectivity index (χ0) is 14.5. The molecule has 1 heterocycles. The molecule has 0 aliphatic carbocycles. The number of nitro groups is 1. The monoisotopic (exact) mass is 280 g/mol. The van der Waals surface area contributed by atoms with Crippen molar-refractivity contribution in [1.82, 2.24) is 0 Å². The molecular weight excluding hydrogens is 264 g/mol. The Morgan fingerprint density at radius 3 is 2.75 bits per heavy atom. The third-order valence-corrected chi connectivity index (χ3v) is 3.04. The third kappa shape index (κ3) is 3.05. The minimum absolute atomic E-state index is 0.120. The number of anilines is 1. The van der Waals surface area contributed by atoms with Gasteiger partial charge in [-0.05, 0) is 13.0 Å². The van der Waals surface area contributed by atoms with Crippen molar-refractivity contribution in [3.63, 3.8) is 0 Å². The van der Waals surface area contributed by atoms with Gasteiger partial charge >= 0.3 is 5.97 Å². The van der Waals surface area contributed by atoms with Crippen LogP contribution in [0, 0.1) is 10.1 Å². The Hall–Kier alpha value is -2.15. The summed E-state index contributed by atoms with van der Waals surface area (Å²) in [5.74, 6) is -0.544. The van der Waals surface area contributed by atoms with Crippen molar-refractivity contribution in [2.45, 2.75) is 6.92 Å². The number of esters is 1. The molecule has 1 aromatic carbocycles. The maximum absolute atomic E-state index is 12.0. The topological polar surface area (TPSA) is 81.9 Å². The van der Waals surface area contributed by atoms with E-state index in [1.54, 1.807) is 13.0 Å². The minimum Gasteiger partial charge on any atom is -0.462 e. The lowest BCUT2D eigenvalue weighted by molar-refractivity contribution is -0.384. The second-order valence-corrected chi connectivity index (χ2v) is 4.28. The lowest BCUT2D eigenvalue weighted by Gasteiger charge is -2.30. The molecule has 1 aromatic rings. The Kier molecular flexibility index (Phi) is 4.52. The predicted molar refractivity (Wildman–Crippen MR) is 72.1 cm³/mol. The lowest BCUT2D eigenvalue weighted by Crippen LogP contribution is -2.37. The van der Waals surface area contributed by atoms with Gasteiger partial charge in [-0.3, -0.25) is 10.1 Å². The van der Waals surface area contributed by atoms with Gasteiger partial charge in [-0.1, -0.05) is 0 Å². The van der Waals surface area contributed by atoms with Crippen LogP contribution in [0.3, 0.4) is 0 Å². The molecule has 7 heteroatoms. The maximum atomic E-state index is 12.0. The molecular formula is C13H16N2O5. The van der Waals surface area contributed by atoms with Gasteiger partial charge in [-0.25, -0.2) is 4.79 Å². The van der Waals surface area contributed by atoms with E-state index < -0.39 is 10.9 Å². The van der Waals surface area contributed by atoms with Crippen molar-refractivity contribution in [2.75, 3.05) is 37.8 Å². The van der Waals surface area contributed by atoms with Crippen LogP contribution in [0.5, 0.6) is 0 Å². The fraction of sp³-hybridized carbons (Fsp3) is 0.462. The summed E-state index contributed by atoms with van der Waals surface area (Å²) >= 11 is 0. The number of carbonyl (C=O) groups is 1. The molecule has 0 unspecified atom stereocenters. The van der Waals surface area contributed by atoms with Crippen LogP contribution in [0.25, 0.3) is 0 Å². The molecule has 2 rings (SSSR count). The van der Waals surface area contributed by atoms with Gasteiger partial charge in [0.25, 0.3) is 5.69 Å². The van der Waals surface area contributed by atoms with E-state index in [2.05, 4.69) is 0 Å². The lowest BCUT2D eigenvalue weighted by atomic mass is 10.1. The summed E-state index contributed by atoms with van der Waals surface area (Å²) in [6, 6.07) is 4.26. The summed E-state index contributed by atoms with van der Waals surface area (Å²) in [6.45, 7) is 4.35. The van der Waals surface area contributed by atoms with Crippen LogP contribution in [0.4, 0.5) is 11.4 Å². The fourth-order valence-electron chi connectivity index (χ4n) is 2.09. The van der Waals surface area contributed by atoms with Crippen LogP contribution in [0.15, 0.2) is 18.2 Å². The molecule has 0 aromatic heterocycles. The summed E-state index contributed by atoms with van der Waals surface area (Å²) < 4.78 is 10.2. The quantitative estimate of drug-likeness (QED) is 0.473. The molecule has 7 nitrogen and oxygen atoms in total. The second-order valence-electron chi connectivity index (χ2n) is 4.28. The molecule has 1 saturated heterocycles. The van der Waals surface area contributed by atoms with Gasteiger partial charge in [0.2, 0.25) is 0 Å². The molecule has 0 radical (unpaired) electrons. The highest BCUT2D eigenvalue weighted by atomic mass is 16.6. The number of morpholine rings is 1. The summed E-state index contributed by atoms with van der Waals surface area (Å²) in [6.07, 6.45) is 0. The van der Waals surface area contributed by atoms with Gasteiger partial charge in [0.1, 0.15) is 0 Å². The van der Waals surface area contributed by atoms with Crippen LogP contribution in [0.1, 0.15) is 17.3 Å². The fourth-order valence-corrected chi connectivity index (χ4v) is 2.09. The van der Waals surface area contributed by atoms with E-state index in [-0.39, 0.29) is 17.9 Å². The van der Waals surface area contributed by atoms with Crippen LogP contribution in [0.2, 0.25) is 0 Å². The molecule has 0 amide bonds. The van der Waals surface area contributed by atoms with Gasteiger partial charge in [0.05, 0.1) is 36.0 Å². The van der Waals surface area contributed by atoms with E-state index >= 15 is 0 Å². The molecule has 0 spiro atoms. The van der Waals surface area contributed by atoms with Crippen LogP contribution in [-0.2, 0) is 9.47 Å². The average molecular weight is 280 g/mol.